The molecule has 2 unspecified atom stereocenters. The highest BCUT2D eigenvalue weighted by atomic mass is 16.5. The van der Waals surface area contributed by atoms with E-state index in [-0.39, 0.29) is 0 Å². The van der Waals surface area contributed by atoms with Crippen LogP contribution < -0.4 is 9.47 Å². The van der Waals surface area contributed by atoms with Crippen molar-refractivity contribution in [2.45, 2.75) is 32.1 Å². The first-order chi connectivity index (χ1) is 13.8. The largest absolute Gasteiger partial charge is 0.497 e. The van der Waals surface area contributed by atoms with Gasteiger partial charge in [0, 0.05) is 19.3 Å². The van der Waals surface area contributed by atoms with Crippen molar-refractivity contribution in [3.05, 3.63) is 48.2 Å². The Morgan fingerprint density at radius 1 is 1.07 bits per heavy atom. The molecule has 2 fully saturated rings. The summed E-state index contributed by atoms with van der Waals surface area (Å²) in [5.74, 6) is 3.90. The highest BCUT2D eigenvalue weighted by Crippen LogP contribution is 2.37. The van der Waals surface area contributed by atoms with Gasteiger partial charge in [0.05, 0.1) is 12.7 Å². The van der Waals surface area contributed by atoms with Crippen LogP contribution in [-0.2, 0) is 0 Å². The van der Waals surface area contributed by atoms with Crippen LogP contribution in [0.4, 0.5) is 0 Å². The van der Waals surface area contributed by atoms with Gasteiger partial charge in [0.15, 0.2) is 5.84 Å². The number of ether oxygens (including phenoxy) is 2. The number of benzene rings is 1. The van der Waals surface area contributed by atoms with Crippen molar-refractivity contribution >= 4 is 5.84 Å². The molecule has 1 saturated carbocycles. The molecule has 2 aliphatic rings. The Balaban J connectivity index is 1.55. The lowest BCUT2D eigenvalue weighted by molar-refractivity contribution is 0.127. The first-order valence-electron chi connectivity index (χ1n) is 10.0. The maximum atomic E-state index is 9.83. The van der Waals surface area contributed by atoms with Gasteiger partial charge < -0.3 is 19.6 Å². The van der Waals surface area contributed by atoms with Gasteiger partial charge in [-0.15, -0.1) is 0 Å². The first-order valence-corrected chi connectivity index (χ1v) is 10.0. The minimum atomic E-state index is 0.436. The van der Waals surface area contributed by atoms with E-state index in [1.807, 2.05) is 36.4 Å². The second-order valence-corrected chi connectivity index (χ2v) is 7.60. The molecule has 2 heterocycles. The quantitative estimate of drug-likeness (QED) is 0.365. The van der Waals surface area contributed by atoms with Gasteiger partial charge in [0.2, 0.25) is 5.88 Å². The van der Waals surface area contributed by atoms with Crippen molar-refractivity contribution in [1.29, 1.82) is 0 Å². The lowest BCUT2D eigenvalue weighted by Gasteiger charge is -2.42. The minimum absolute atomic E-state index is 0.436. The molecule has 1 aliphatic heterocycles. The Hall–Kier alpha value is -2.76. The minimum Gasteiger partial charge on any atom is -0.497 e. The predicted octanol–water partition coefficient (Wildman–Crippen LogP) is 4.53. The lowest BCUT2D eigenvalue weighted by Crippen LogP contribution is -2.45. The van der Waals surface area contributed by atoms with Gasteiger partial charge in [-0.25, -0.2) is 4.98 Å². The lowest BCUT2D eigenvalue weighted by atomic mass is 9.75. The van der Waals surface area contributed by atoms with Gasteiger partial charge in [0.25, 0.3) is 0 Å². The molecule has 1 saturated heterocycles. The number of aromatic nitrogens is 1. The summed E-state index contributed by atoms with van der Waals surface area (Å²) in [6.45, 7) is 1.83. The fourth-order valence-corrected chi connectivity index (χ4v) is 4.48. The van der Waals surface area contributed by atoms with Crippen molar-refractivity contribution in [2.24, 2.45) is 17.0 Å². The first kappa shape index (κ1) is 18.6. The molecule has 4 rings (SSSR count). The Labute approximate surface area is 165 Å². The van der Waals surface area contributed by atoms with Gasteiger partial charge in [-0.1, -0.05) is 24.4 Å². The molecule has 0 bridgehead atoms. The molecular weight excluding hydrogens is 354 g/mol. The van der Waals surface area contributed by atoms with Crippen LogP contribution in [0.1, 0.15) is 37.7 Å². The Morgan fingerprint density at radius 3 is 2.57 bits per heavy atom. The summed E-state index contributed by atoms with van der Waals surface area (Å²) in [5.41, 5.74) is 0.704. The molecule has 2 atom stereocenters. The number of pyridine rings is 1. The zero-order valence-electron chi connectivity index (χ0n) is 16.3. The van der Waals surface area contributed by atoms with Crippen LogP contribution in [0.5, 0.6) is 17.4 Å². The Kier molecular flexibility index (Phi) is 5.65. The topological polar surface area (TPSA) is 67.2 Å². The summed E-state index contributed by atoms with van der Waals surface area (Å²) in [4.78, 5) is 6.57. The van der Waals surface area contributed by atoms with Crippen LogP contribution in [0.15, 0.2) is 47.8 Å². The average Bonchev–Trinajstić information content (AvgIpc) is 2.76. The third-order valence-corrected chi connectivity index (χ3v) is 5.97. The van der Waals surface area contributed by atoms with E-state index in [1.54, 1.807) is 13.3 Å². The highest BCUT2D eigenvalue weighted by molar-refractivity contribution is 6.00. The van der Waals surface area contributed by atoms with E-state index in [2.05, 4.69) is 15.0 Å². The standard InChI is InChI=1S/C22H27N3O3/c1-27-18-8-10-19(11-9-18)28-22-20(7-4-13-23-22)21(24-26)25-14-12-16-5-2-3-6-17(16)15-25/h4,7-11,13,16-17,26H,2-3,5-6,12,14-15H2,1H3/b24-21-. The van der Waals surface area contributed by atoms with E-state index >= 15 is 0 Å². The number of likely N-dealkylation sites (tertiary alicyclic amines) is 1. The maximum absolute atomic E-state index is 9.83. The number of amidine groups is 1. The van der Waals surface area contributed by atoms with E-state index in [9.17, 15) is 5.21 Å². The second kappa shape index (κ2) is 8.50. The number of hydrogen-bond donors (Lipinski definition) is 1. The van der Waals surface area contributed by atoms with Gasteiger partial charge in [-0.2, -0.15) is 0 Å². The Bertz CT molecular complexity index is 822. The average molecular weight is 381 g/mol. The summed E-state index contributed by atoms with van der Waals surface area (Å²) < 4.78 is 11.2. The number of piperidine rings is 1. The van der Waals surface area contributed by atoms with Gasteiger partial charge in [-0.3, -0.25) is 0 Å². The Morgan fingerprint density at radius 2 is 1.82 bits per heavy atom. The SMILES string of the molecule is COc1ccc(Oc2ncccc2/C(=N/O)N2CCC3CCCCC3C2)cc1. The van der Waals surface area contributed by atoms with Gasteiger partial charge >= 0.3 is 0 Å². The fraction of sp³-hybridized carbons (Fsp3) is 0.455. The number of rotatable bonds is 4. The molecule has 148 valence electrons. The molecule has 28 heavy (non-hydrogen) atoms. The summed E-state index contributed by atoms with van der Waals surface area (Å²) in [6.07, 6.45) is 8.10. The summed E-state index contributed by atoms with van der Waals surface area (Å²) in [5, 5.41) is 13.5. The molecule has 2 aromatic rings. The van der Waals surface area contributed by atoms with Crippen molar-refractivity contribution in [3.63, 3.8) is 0 Å². The molecule has 1 N–H and O–H groups in total. The molecule has 0 spiro atoms. The maximum Gasteiger partial charge on any atom is 0.230 e. The van der Waals surface area contributed by atoms with Gasteiger partial charge in [-0.05, 0) is 61.1 Å². The number of fused-ring (bicyclic) bond motifs is 1. The normalized spacial score (nSPS) is 22.5. The van der Waals surface area contributed by atoms with E-state index in [0.717, 1.165) is 31.2 Å². The predicted molar refractivity (Wildman–Crippen MR) is 107 cm³/mol. The van der Waals surface area contributed by atoms with Crippen LogP contribution in [0.25, 0.3) is 0 Å². The number of oxime groups is 1. The van der Waals surface area contributed by atoms with E-state index in [1.165, 1.54) is 25.7 Å². The number of nitrogens with zero attached hydrogens (tertiary/aromatic N) is 3. The fourth-order valence-electron chi connectivity index (χ4n) is 4.48. The second-order valence-electron chi connectivity index (χ2n) is 7.60. The van der Waals surface area contributed by atoms with E-state index in [4.69, 9.17) is 9.47 Å². The number of methoxy groups -OCH3 is 1. The molecule has 1 aromatic heterocycles. The third-order valence-electron chi connectivity index (χ3n) is 5.97. The van der Waals surface area contributed by atoms with Crippen molar-refractivity contribution in [2.75, 3.05) is 20.2 Å². The van der Waals surface area contributed by atoms with Crippen LogP contribution in [-0.4, -0.2) is 41.1 Å². The van der Waals surface area contributed by atoms with Crippen LogP contribution in [0, 0.1) is 11.8 Å². The van der Waals surface area contributed by atoms with Crippen LogP contribution in [0.2, 0.25) is 0 Å². The van der Waals surface area contributed by atoms with E-state index < -0.39 is 0 Å². The monoisotopic (exact) mass is 381 g/mol. The molecular formula is C22H27N3O3. The van der Waals surface area contributed by atoms with Gasteiger partial charge in [0.1, 0.15) is 11.5 Å². The van der Waals surface area contributed by atoms with Crippen molar-refractivity contribution < 1.29 is 14.7 Å². The zero-order valence-corrected chi connectivity index (χ0v) is 16.3. The molecule has 1 aromatic carbocycles. The molecule has 6 nitrogen and oxygen atoms in total. The third kappa shape index (κ3) is 3.91. The van der Waals surface area contributed by atoms with Crippen LogP contribution in [0.3, 0.4) is 0 Å². The van der Waals surface area contributed by atoms with Crippen molar-refractivity contribution in [3.8, 4) is 17.4 Å². The van der Waals surface area contributed by atoms with Crippen molar-refractivity contribution in [1.82, 2.24) is 9.88 Å². The smallest absolute Gasteiger partial charge is 0.230 e. The molecule has 1 aliphatic carbocycles. The molecule has 0 radical (unpaired) electrons. The van der Waals surface area contributed by atoms with E-state index in [0.29, 0.717) is 28.9 Å². The highest BCUT2D eigenvalue weighted by Gasteiger charge is 2.33. The zero-order chi connectivity index (χ0) is 19.3. The molecule has 0 amide bonds. The summed E-state index contributed by atoms with van der Waals surface area (Å²) in [6, 6.07) is 11.1. The molecule has 6 heteroatoms. The number of hydrogen-bond acceptors (Lipinski definition) is 5. The van der Waals surface area contributed by atoms with Crippen LogP contribution >= 0.6 is 0 Å². The summed E-state index contributed by atoms with van der Waals surface area (Å²) >= 11 is 0. The summed E-state index contributed by atoms with van der Waals surface area (Å²) in [7, 11) is 1.63.